The van der Waals surface area contributed by atoms with E-state index in [1.165, 1.54) is 0 Å². The van der Waals surface area contributed by atoms with Gasteiger partial charge in [-0.25, -0.2) is 0 Å². The number of ether oxygens (including phenoxy) is 1. The summed E-state index contributed by atoms with van der Waals surface area (Å²) in [5.41, 5.74) is 7.21. The van der Waals surface area contributed by atoms with E-state index in [-0.39, 0.29) is 6.04 Å². The molecule has 2 unspecified atom stereocenters. The molecule has 5 heteroatoms. The monoisotopic (exact) mass is 243 g/mol. The molecule has 0 aliphatic carbocycles. The lowest BCUT2D eigenvalue weighted by molar-refractivity contribution is 0.0436. The standard InChI is InChI=1S/C11H18ClN3O/c1-2-15-11(9(12)6-14-15)10(13)8-4-3-5-16-7-8/h6,8,10H,2-5,7,13H2,1H3. The molecule has 1 aromatic rings. The molecule has 0 bridgehead atoms. The fourth-order valence-corrected chi connectivity index (χ4v) is 2.49. The molecular weight excluding hydrogens is 226 g/mol. The maximum atomic E-state index is 6.27. The molecule has 1 aromatic heterocycles. The number of nitrogens with zero attached hydrogens (tertiary/aromatic N) is 2. The van der Waals surface area contributed by atoms with Crippen molar-refractivity contribution in [3.05, 3.63) is 16.9 Å². The van der Waals surface area contributed by atoms with Gasteiger partial charge in [0.15, 0.2) is 0 Å². The Morgan fingerprint density at radius 2 is 2.56 bits per heavy atom. The van der Waals surface area contributed by atoms with E-state index in [1.54, 1.807) is 6.20 Å². The van der Waals surface area contributed by atoms with Gasteiger partial charge >= 0.3 is 0 Å². The summed E-state index contributed by atoms with van der Waals surface area (Å²) in [6.45, 7) is 4.41. The molecule has 16 heavy (non-hydrogen) atoms. The highest BCUT2D eigenvalue weighted by atomic mass is 35.5. The molecule has 1 saturated heterocycles. The highest BCUT2D eigenvalue weighted by molar-refractivity contribution is 6.31. The number of aryl methyl sites for hydroxylation is 1. The van der Waals surface area contributed by atoms with Crippen molar-refractivity contribution in [1.82, 2.24) is 9.78 Å². The number of halogens is 1. The SMILES string of the molecule is CCn1ncc(Cl)c1C(N)C1CCCOC1. The first-order chi connectivity index (χ1) is 7.74. The predicted molar refractivity (Wildman–Crippen MR) is 63.4 cm³/mol. The molecule has 1 aliphatic rings. The molecule has 4 nitrogen and oxygen atoms in total. The summed E-state index contributed by atoms with van der Waals surface area (Å²) in [6, 6.07) is -0.0738. The van der Waals surface area contributed by atoms with E-state index in [4.69, 9.17) is 22.1 Å². The van der Waals surface area contributed by atoms with Crippen molar-refractivity contribution in [1.29, 1.82) is 0 Å². The van der Waals surface area contributed by atoms with Gasteiger partial charge in [0, 0.05) is 19.1 Å². The van der Waals surface area contributed by atoms with Gasteiger partial charge in [0.25, 0.3) is 0 Å². The van der Waals surface area contributed by atoms with Crippen LogP contribution in [0, 0.1) is 5.92 Å². The first-order valence-corrected chi connectivity index (χ1v) is 6.16. The van der Waals surface area contributed by atoms with Crippen LogP contribution in [0.4, 0.5) is 0 Å². The number of hydrogen-bond acceptors (Lipinski definition) is 3. The van der Waals surface area contributed by atoms with Gasteiger partial charge in [0.1, 0.15) is 0 Å². The van der Waals surface area contributed by atoms with Crippen LogP contribution >= 0.6 is 11.6 Å². The van der Waals surface area contributed by atoms with E-state index in [1.807, 2.05) is 11.6 Å². The van der Waals surface area contributed by atoms with E-state index in [0.717, 1.165) is 38.3 Å². The van der Waals surface area contributed by atoms with Crippen molar-refractivity contribution in [2.24, 2.45) is 11.7 Å². The Balaban J connectivity index is 2.18. The van der Waals surface area contributed by atoms with Gasteiger partial charge in [-0.1, -0.05) is 11.6 Å². The van der Waals surface area contributed by atoms with Crippen LogP contribution in [0.3, 0.4) is 0 Å². The Morgan fingerprint density at radius 1 is 1.75 bits per heavy atom. The molecule has 2 N–H and O–H groups in total. The van der Waals surface area contributed by atoms with Gasteiger partial charge in [0.2, 0.25) is 0 Å². The Morgan fingerprint density at radius 3 is 3.19 bits per heavy atom. The Kier molecular flexibility index (Phi) is 3.84. The highest BCUT2D eigenvalue weighted by Gasteiger charge is 2.26. The lowest BCUT2D eigenvalue weighted by atomic mass is 9.92. The van der Waals surface area contributed by atoms with Crippen molar-refractivity contribution in [3.63, 3.8) is 0 Å². The molecule has 0 spiro atoms. The minimum atomic E-state index is -0.0738. The maximum absolute atomic E-state index is 6.27. The normalized spacial score (nSPS) is 23.3. The molecule has 0 saturated carbocycles. The van der Waals surface area contributed by atoms with Gasteiger partial charge in [-0.2, -0.15) is 5.10 Å². The highest BCUT2D eigenvalue weighted by Crippen LogP contribution is 2.30. The third-order valence-electron chi connectivity index (χ3n) is 3.15. The smallest absolute Gasteiger partial charge is 0.0834 e. The zero-order valence-corrected chi connectivity index (χ0v) is 10.3. The van der Waals surface area contributed by atoms with Crippen LogP contribution < -0.4 is 5.73 Å². The average molecular weight is 244 g/mol. The fourth-order valence-electron chi connectivity index (χ4n) is 2.23. The van der Waals surface area contributed by atoms with Gasteiger partial charge in [-0.3, -0.25) is 4.68 Å². The van der Waals surface area contributed by atoms with Crippen molar-refractivity contribution in [2.75, 3.05) is 13.2 Å². The van der Waals surface area contributed by atoms with Crippen LogP contribution in [0.15, 0.2) is 6.20 Å². The number of nitrogens with two attached hydrogens (primary N) is 1. The number of hydrogen-bond donors (Lipinski definition) is 1. The Labute approximate surface area is 101 Å². The van der Waals surface area contributed by atoms with Crippen molar-refractivity contribution in [2.45, 2.75) is 32.4 Å². The van der Waals surface area contributed by atoms with E-state index >= 15 is 0 Å². The van der Waals surface area contributed by atoms with E-state index in [2.05, 4.69) is 5.10 Å². The van der Waals surface area contributed by atoms with Crippen LogP contribution in [0.25, 0.3) is 0 Å². The zero-order valence-electron chi connectivity index (χ0n) is 9.53. The summed E-state index contributed by atoms with van der Waals surface area (Å²) in [5.74, 6) is 0.355. The molecule has 2 heterocycles. The average Bonchev–Trinajstić information content (AvgIpc) is 2.70. The van der Waals surface area contributed by atoms with Crippen molar-refractivity contribution >= 4 is 11.6 Å². The minimum absolute atomic E-state index is 0.0738. The van der Waals surface area contributed by atoms with Crippen LogP contribution in [0.5, 0.6) is 0 Å². The lowest BCUT2D eigenvalue weighted by Crippen LogP contribution is -2.31. The van der Waals surface area contributed by atoms with Crippen molar-refractivity contribution < 1.29 is 4.74 Å². The van der Waals surface area contributed by atoms with Gasteiger partial charge in [-0.05, 0) is 19.8 Å². The van der Waals surface area contributed by atoms with Crippen LogP contribution in [0.1, 0.15) is 31.5 Å². The summed E-state index contributed by atoms with van der Waals surface area (Å²) in [6.07, 6.45) is 3.85. The predicted octanol–water partition coefficient (Wildman–Crippen LogP) is 1.98. The molecule has 90 valence electrons. The van der Waals surface area contributed by atoms with Crippen molar-refractivity contribution in [3.8, 4) is 0 Å². The topological polar surface area (TPSA) is 53.1 Å². The quantitative estimate of drug-likeness (QED) is 0.883. The number of aromatic nitrogens is 2. The molecule has 1 fully saturated rings. The molecular formula is C11H18ClN3O. The lowest BCUT2D eigenvalue weighted by Gasteiger charge is -2.28. The van der Waals surface area contributed by atoms with Gasteiger partial charge in [0.05, 0.1) is 29.6 Å². The Bertz CT molecular complexity index is 347. The fraction of sp³-hybridized carbons (Fsp3) is 0.727. The van der Waals surface area contributed by atoms with Crippen LogP contribution in [0.2, 0.25) is 5.02 Å². The maximum Gasteiger partial charge on any atom is 0.0834 e. The second kappa shape index (κ2) is 5.17. The summed E-state index contributed by atoms with van der Waals surface area (Å²) < 4.78 is 7.34. The molecule has 2 atom stereocenters. The first-order valence-electron chi connectivity index (χ1n) is 5.78. The number of rotatable bonds is 3. The van der Waals surface area contributed by atoms with Gasteiger partial charge < -0.3 is 10.5 Å². The molecule has 0 amide bonds. The third kappa shape index (κ3) is 2.24. The van der Waals surface area contributed by atoms with E-state index in [0.29, 0.717) is 10.9 Å². The molecule has 1 aliphatic heterocycles. The summed E-state index contributed by atoms with van der Waals surface area (Å²) >= 11 is 6.13. The molecule has 0 radical (unpaired) electrons. The van der Waals surface area contributed by atoms with Gasteiger partial charge in [-0.15, -0.1) is 0 Å². The van der Waals surface area contributed by atoms with Crippen LogP contribution in [-0.2, 0) is 11.3 Å². The summed E-state index contributed by atoms with van der Waals surface area (Å²) in [7, 11) is 0. The largest absolute Gasteiger partial charge is 0.381 e. The van der Waals surface area contributed by atoms with E-state index in [9.17, 15) is 0 Å². The van der Waals surface area contributed by atoms with E-state index < -0.39 is 0 Å². The second-order valence-electron chi connectivity index (χ2n) is 4.20. The van der Waals surface area contributed by atoms with Crippen LogP contribution in [-0.4, -0.2) is 23.0 Å². The first kappa shape index (κ1) is 11.9. The molecule has 2 rings (SSSR count). The minimum Gasteiger partial charge on any atom is -0.381 e. The zero-order chi connectivity index (χ0) is 11.5. The molecule has 0 aromatic carbocycles. The summed E-state index contributed by atoms with van der Waals surface area (Å²) in [4.78, 5) is 0. The third-order valence-corrected chi connectivity index (χ3v) is 3.44. The Hall–Kier alpha value is -0.580. The summed E-state index contributed by atoms with van der Waals surface area (Å²) in [5, 5.41) is 4.88. The second-order valence-corrected chi connectivity index (χ2v) is 4.60.